The van der Waals surface area contributed by atoms with Gasteiger partial charge in [-0.05, 0) is 12.1 Å². The zero-order valence-electron chi connectivity index (χ0n) is 12.5. The Hall–Kier alpha value is -1.89. The number of carbonyl (C=O) groups excluding carboxylic acids is 1. The van der Waals surface area contributed by atoms with Crippen LogP contribution in [0.15, 0.2) is 27.9 Å². The largest absolute Gasteiger partial charge is 0.359 e. The zero-order valence-corrected chi connectivity index (χ0v) is 13.3. The lowest BCUT2D eigenvalue weighted by Gasteiger charge is -2.16. The zero-order chi connectivity index (χ0) is 15.5. The molecule has 2 heterocycles. The number of rotatable bonds is 4. The summed E-state index contributed by atoms with van der Waals surface area (Å²) >= 11 is 1.67. The number of nitrogens with zero attached hydrogens (tertiary/aromatic N) is 3. The van der Waals surface area contributed by atoms with Gasteiger partial charge in [0.2, 0.25) is 5.91 Å². The molecule has 0 atom stereocenters. The summed E-state index contributed by atoms with van der Waals surface area (Å²) in [5.41, 5.74) is 0.799. The molecule has 0 radical (unpaired) electrons. The molecule has 0 fully saturated rings. The molecule has 0 saturated carbocycles. The van der Waals surface area contributed by atoms with Crippen molar-refractivity contribution in [3.05, 3.63) is 24.2 Å². The van der Waals surface area contributed by atoms with Crippen LogP contribution in [0.3, 0.4) is 0 Å². The quantitative estimate of drug-likeness (QED) is 0.873. The summed E-state index contributed by atoms with van der Waals surface area (Å²) in [6.45, 7) is 6.38. The first-order chi connectivity index (χ1) is 9.87. The van der Waals surface area contributed by atoms with Crippen molar-refractivity contribution in [2.75, 3.05) is 7.05 Å². The summed E-state index contributed by atoms with van der Waals surface area (Å²) in [5, 5.41) is 7.23. The van der Waals surface area contributed by atoms with Crippen molar-refractivity contribution in [1.29, 1.82) is 0 Å². The summed E-state index contributed by atoms with van der Waals surface area (Å²) in [7, 11) is 1.57. The number of hydrogen-bond donors (Lipinski definition) is 1. The Morgan fingerprint density at radius 2 is 2.19 bits per heavy atom. The van der Waals surface area contributed by atoms with E-state index < -0.39 is 0 Å². The van der Waals surface area contributed by atoms with Crippen molar-refractivity contribution in [3.8, 4) is 11.5 Å². The average molecular weight is 306 g/mol. The van der Waals surface area contributed by atoms with E-state index in [1.165, 1.54) is 0 Å². The van der Waals surface area contributed by atoms with Gasteiger partial charge in [0.05, 0.1) is 11.4 Å². The third-order valence-corrected chi connectivity index (χ3v) is 3.50. The molecule has 21 heavy (non-hydrogen) atoms. The number of pyridine rings is 1. The molecule has 0 aromatic carbocycles. The van der Waals surface area contributed by atoms with Gasteiger partial charge in [0, 0.05) is 23.6 Å². The van der Waals surface area contributed by atoms with Gasteiger partial charge in [-0.25, -0.2) is 4.98 Å². The lowest BCUT2D eigenvalue weighted by molar-refractivity contribution is -0.120. The Balaban J connectivity index is 2.18. The highest BCUT2D eigenvalue weighted by Gasteiger charge is 2.16. The van der Waals surface area contributed by atoms with Crippen molar-refractivity contribution < 1.29 is 9.32 Å². The number of carbonyl (C=O) groups is 1. The molecule has 2 rings (SSSR count). The first kappa shape index (κ1) is 15.5. The minimum Gasteiger partial charge on any atom is -0.359 e. The third-order valence-electron chi connectivity index (χ3n) is 2.46. The molecule has 2 aromatic rings. The van der Waals surface area contributed by atoms with Crippen LogP contribution in [-0.2, 0) is 11.2 Å². The first-order valence-electron chi connectivity index (χ1n) is 6.56. The SMILES string of the molecule is CNC(=O)Cc1noc(-c2ccnc(SC(C)(C)C)c2)n1. The predicted molar refractivity (Wildman–Crippen MR) is 80.9 cm³/mol. The number of nitrogens with one attached hydrogen (secondary N) is 1. The molecule has 7 heteroatoms. The van der Waals surface area contributed by atoms with Gasteiger partial charge in [0.15, 0.2) is 5.82 Å². The maximum atomic E-state index is 11.3. The van der Waals surface area contributed by atoms with Gasteiger partial charge in [0.25, 0.3) is 5.89 Å². The van der Waals surface area contributed by atoms with Gasteiger partial charge in [-0.1, -0.05) is 25.9 Å². The average Bonchev–Trinajstić information content (AvgIpc) is 2.85. The number of aromatic nitrogens is 3. The van der Waals surface area contributed by atoms with Gasteiger partial charge in [-0.15, -0.1) is 11.8 Å². The Morgan fingerprint density at radius 3 is 2.86 bits per heavy atom. The van der Waals surface area contributed by atoms with Crippen LogP contribution in [0, 0.1) is 0 Å². The molecule has 0 unspecified atom stereocenters. The molecular formula is C14H18N4O2S. The van der Waals surface area contributed by atoms with Crippen molar-refractivity contribution in [1.82, 2.24) is 20.4 Å². The van der Waals surface area contributed by atoms with Crippen LogP contribution < -0.4 is 5.32 Å². The highest BCUT2D eigenvalue weighted by molar-refractivity contribution is 8.00. The Morgan fingerprint density at radius 1 is 1.43 bits per heavy atom. The van der Waals surface area contributed by atoms with Crippen LogP contribution in [-0.4, -0.2) is 32.8 Å². The Bertz CT molecular complexity index is 634. The van der Waals surface area contributed by atoms with E-state index in [0.717, 1.165) is 10.6 Å². The van der Waals surface area contributed by atoms with E-state index in [-0.39, 0.29) is 17.1 Å². The smallest absolute Gasteiger partial charge is 0.258 e. The van der Waals surface area contributed by atoms with Crippen LogP contribution in [0.1, 0.15) is 26.6 Å². The molecule has 112 valence electrons. The molecule has 6 nitrogen and oxygen atoms in total. The van der Waals surface area contributed by atoms with Crippen LogP contribution >= 0.6 is 11.8 Å². The minimum absolute atomic E-state index is 0.0742. The maximum absolute atomic E-state index is 11.3. The maximum Gasteiger partial charge on any atom is 0.258 e. The van der Waals surface area contributed by atoms with E-state index in [2.05, 4.69) is 41.2 Å². The van der Waals surface area contributed by atoms with Crippen molar-refractivity contribution in [2.45, 2.75) is 37.0 Å². The van der Waals surface area contributed by atoms with Gasteiger partial charge in [-0.3, -0.25) is 4.79 Å². The van der Waals surface area contributed by atoms with Crippen molar-refractivity contribution in [2.24, 2.45) is 0 Å². The molecule has 1 N–H and O–H groups in total. The summed E-state index contributed by atoms with van der Waals surface area (Å²) in [5.74, 6) is 0.610. The van der Waals surface area contributed by atoms with E-state index >= 15 is 0 Å². The molecule has 0 aliphatic rings. The Kier molecular flexibility index (Phi) is 4.62. The van der Waals surface area contributed by atoms with E-state index in [1.807, 2.05) is 12.1 Å². The van der Waals surface area contributed by atoms with Gasteiger partial charge < -0.3 is 9.84 Å². The normalized spacial score (nSPS) is 11.4. The van der Waals surface area contributed by atoms with Crippen LogP contribution in [0.4, 0.5) is 0 Å². The second kappa shape index (κ2) is 6.26. The van der Waals surface area contributed by atoms with E-state index in [9.17, 15) is 4.79 Å². The van der Waals surface area contributed by atoms with Gasteiger partial charge in [0.1, 0.15) is 0 Å². The number of likely N-dealkylation sites (N-methyl/N-ethyl adjacent to an activating group) is 1. The van der Waals surface area contributed by atoms with E-state index in [4.69, 9.17) is 4.52 Å². The van der Waals surface area contributed by atoms with Crippen LogP contribution in [0.5, 0.6) is 0 Å². The molecule has 0 aliphatic heterocycles. The lowest BCUT2D eigenvalue weighted by atomic mass is 10.2. The number of hydrogen-bond acceptors (Lipinski definition) is 6. The summed E-state index contributed by atoms with van der Waals surface area (Å²) in [4.78, 5) is 19.8. The molecule has 0 spiro atoms. The Labute approximate surface area is 127 Å². The molecule has 2 aromatic heterocycles. The standard InChI is InChI=1S/C14H18N4O2S/c1-14(2,3)21-12-7-9(5-6-16-12)13-17-10(18-20-13)8-11(19)15-4/h5-7H,8H2,1-4H3,(H,15,19). The summed E-state index contributed by atoms with van der Waals surface area (Å²) in [6.07, 6.45) is 1.82. The number of thioether (sulfide) groups is 1. The van der Waals surface area contributed by atoms with Crippen molar-refractivity contribution >= 4 is 17.7 Å². The highest BCUT2D eigenvalue weighted by Crippen LogP contribution is 2.32. The first-order valence-corrected chi connectivity index (χ1v) is 7.37. The topological polar surface area (TPSA) is 80.9 Å². The van der Waals surface area contributed by atoms with Crippen LogP contribution in [0.25, 0.3) is 11.5 Å². The van der Waals surface area contributed by atoms with E-state index in [0.29, 0.717) is 11.7 Å². The molecule has 0 saturated heterocycles. The van der Waals surface area contributed by atoms with Gasteiger partial charge in [-0.2, -0.15) is 4.98 Å². The predicted octanol–water partition coefficient (Wildman–Crippen LogP) is 2.31. The lowest BCUT2D eigenvalue weighted by Crippen LogP contribution is -2.20. The minimum atomic E-state index is -0.152. The van der Waals surface area contributed by atoms with Crippen LogP contribution in [0.2, 0.25) is 0 Å². The summed E-state index contributed by atoms with van der Waals surface area (Å²) < 4.78 is 5.28. The fraction of sp³-hybridized carbons (Fsp3) is 0.429. The fourth-order valence-corrected chi connectivity index (χ4v) is 2.51. The van der Waals surface area contributed by atoms with Crippen molar-refractivity contribution in [3.63, 3.8) is 0 Å². The molecular weight excluding hydrogens is 288 g/mol. The second-order valence-electron chi connectivity index (χ2n) is 5.46. The highest BCUT2D eigenvalue weighted by atomic mass is 32.2. The van der Waals surface area contributed by atoms with Gasteiger partial charge >= 0.3 is 0 Å². The number of amides is 1. The second-order valence-corrected chi connectivity index (χ2v) is 7.31. The third kappa shape index (κ3) is 4.56. The molecule has 0 aliphatic carbocycles. The molecule has 0 bridgehead atoms. The fourth-order valence-electron chi connectivity index (χ4n) is 1.59. The summed E-state index contributed by atoms with van der Waals surface area (Å²) in [6, 6.07) is 3.72. The van der Waals surface area contributed by atoms with E-state index in [1.54, 1.807) is 25.0 Å². The molecule has 1 amide bonds. The monoisotopic (exact) mass is 306 g/mol.